The molecule has 0 saturated carbocycles. The average Bonchev–Trinajstić information content (AvgIpc) is 3.33. The third kappa shape index (κ3) is 3.07. The van der Waals surface area contributed by atoms with Gasteiger partial charge in [-0.3, -0.25) is 14.6 Å². The van der Waals surface area contributed by atoms with E-state index in [-0.39, 0.29) is 16.9 Å². The number of carbonyl (C=O) groups excluding carboxylic acids is 1. The van der Waals surface area contributed by atoms with E-state index >= 15 is 0 Å². The summed E-state index contributed by atoms with van der Waals surface area (Å²) in [6.45, 7) is 3.22. The number of nitrogens with zero attached hydrogens (tertiary/aromatic N) is 4. The first-order valence-corrected chi connectivity index (χ1v) is 10.7. The van der Waals surface area contributed by atoms with E-state index in [1.54, 1.807) is 12.4 Å². The molecule has 0 aromatic carbocycles. The molecule has 1 N–H and O–H groups in total. The highest BCUT2D eigenvalue weighted by atomic mass is 32.1. The second kappa shape index (κ2) is 6.88. The Kier molecular flexibility index (Phi) is 4.31. The number of hydrogen-bond donors (Lipinski definition) is 1. The summed E-state index contributed by atoms with van der Waals surface area (Å²) >= 11 is 1.50. The third-order valence-electron chi connectivity index (χ3n) is 6.15. The highest BCUT2D eigenvalue weighted by molar-refractivity contribution is 7.09. The SMILES string of the molecule is Cc1nc(C(=O)N2CCC3(CCc4c3nc(-c3cccnc3)[nH]c4=O)CC2)cs1. The van der Waals surface area contributed by atoms with Gasteiger partial charge in [0.1, 0.15) is 11.5 Å². The number of rotatable bonds is 2. The largest absolute Gasteiger partial charge is 0.337 e. The zero-order chi connectivity index (χ0) is 20.0. The summed E-state index contributed by atoms with van der Waals surface area (Å²) in [6.07, 6.45) is 6.70. The molecule has 8 heteroatoms. The van der Waals surface area contributed by atoms with Gasteiger partial charge in [-0.05, 0) is 44.7 Å². The minimum atomic E-state index is -0.130. The fraction of sp³-hybridized carbons (Fsp3) is 0.381. The first kappa shape index (κ1) is 18.2. The number of fused-ring (bicyclic) bond motifs is 2. The van der Waals surface area contributed by atoms with Crippen LogP contribution in [-0.2, 0) is 11.8 Å². The number of H-pyrrole nitrogens is 1. The molecule has 1 amide bonds. The van der Waals surface area contributed by atoms with Crippen LogP contribution in [0.2, 0.25) is 0 Å². The lowest BCUT2D eigenvalue weighted by Gasteiger charge is -2.39. The minimum absolute atomic E-state index is 0.00247. The van der Waals surface area contributed by atoms with Gasteiger partial charge in [0.25, 0.3) is 11.5 Å². The molecule has 3 aromatic rings. The minimum Gasteiger partial charge on any atom is -0.337 e. The number of aryl methyl sites for hydroxylation is 1. The van der Waals surface area contributed by atoms with E-state index in [0.717, 1.165) is 47.5 Å². The van der Waals surface area contributed by atoms with Gasteiger partial charge in [0.15, 0.2) is 0 Å². The number of nitrogens with one attached hydrogen (secondary N) is 1. The molecular formula is C21H21N5O2S. The number of carbonyl (C=O) groups is 1. The number of hydrogen-bond acceptors (Lipinski definition) is 6. The highest BCUT2D eigenvalue weighted by Crippen LogP contribution is 2.44. The molecule has 3 aromatic heterocycles. The fourth-order valence-corrected chi connectivity index (χ4v) is 5.13. The molecule has 7 nitrogen and oxygen atoms in total. The van der Waals surface area contributed by atoms with Gasteiger partial charge in [0.2, 0.25) is 0 Å². The zero-order valence-electron chi connectivity index (χ0n) is 16.1. The number of pyridine rings is 1. The van der Waals surface area contributed by atoms with Gasteiger partial charge in [-0.2, -0.15) is 0 Å². The van der Waals surface area contributed by atoms with Crippen molar-refractivity contribution in [2.75, 3.05) is 13.1 Å². The summed E-state index contributed by atoms with van der Waals surface area (Å²) in [4.78, 5) is 43.6. The molecule has 1 fully saturated rings. The standard InChI is InChI=1S/C21H21N5O2S/c1-13-23-16(12-29-13)20(28)26-9-6-21(7-10-26)5-4-15-17(21)24-18(25-19(15)27)14-3-2-8-22-11-14/h2-3,8,11-12H,4-7,9-10H2,1H3,(H,24,25,27). The Hall–Kier alpha value is -2.87. The van der Waals surface area contributed by atoms with Gasteiger partial charge in [0, 0.05) is 47.4 Å². The van der Waals surface area contributed by atoms with Crippen molar-refractivity contribution in [3.8, 4) is 11.4 Å². The van der Waals surface area contributed by atoms with Crippen LogP contribution >= 0.6 is 11.3 Å². The van der Waals surface area contributed by atoms with Gasteiger partial charge < -0.3 is 9.88 Å². The predicted molar refractivity (Wildman–Crippen MR) is 110 cm³/mol. The number of aromatic nitrogens is 4. The lowest BCUT2D eigenvalue weighted by atomic mass is 9.76. The molecule has 5 rings (SSSR count). The van der Waals surface area contributed by atoms with E-state index in [1.165, 1.54) is 11.3 Å². The van der Waals surface area contributed by atoms with E-state index in [4.69, 9.17) is 4.98 Å². The number of amides is 1. The van der Waals surface area contributed by atoms with Crippen LogP contribution in [-0.4, -0.2) is 43.8 Å². The molecular weight excluding hydrogens is 386 g/mol. The smallest absolute Gasteiger partial charge is 0.273 e. The number of thiazole rings is 1. The van der Waals surface area contributed by atoms with Crippen LogP contribution in [0, 0.1) is 6.92 Å². The molecule has 1 aliphatic heterocycles. The third-order valence-corrected chi connectivity index (χ3v) is 6.93. The van der Waals surface area contributed by atoms with Crippen LogP contribution in [0.5, 0.6) is 0 Å². The molecule has 1 saturated heterocycles. The summed E-state index contributed by atoms with van der Waals surface area (Å²) in [5.41, 5.74) is 2.87. The maximum absolute atomic E-state index is 12.7. The summed E-state index contributed by atoms with van der Waals surface area (Å²) < 4.78 is 0. The van der Waals surface area contributed by atoms with Crippen molar-refractivity contribution in [3.63, 3.8) is 0 Å². The Morgan fingerprint density at radius 3 is 2.76 bits per heavy atom. The Morgan fingerprint density at radius 1 is 1.24 bits per heavy atom. The summed E-state index contributed by atoms with van der Waals surface area (Å²) in [7, 11) is 0. The van der Waals surface area contributed by atoms with Crippen LogP contribution < -0.4 is 5.56 Å². The molecule has 4 heterocycles. The van der Waals surface area contributed by atoms with Crippen molar-refractivity contribution in [3.05, 3.63) is 62.2 Å². The van der Waals surface area contributed by atoms with Gasteiger partial charge in [0.05, 0.1) is 10.7 Å². The second-order valence-corrected chi connectivity index (χ2v) is 8.87. The molecule has 0 radical (unpaired) electrons. The maximum atomic E-state index is 12.7. The highest BCUT2D eigenvalue weighted by Gasteiger charge is 2.44. The average molecular weight is 407 g/mol. The molecule has 2 aliphatic rings. The number of piperidine rings is 1. The zero-order valence-corrected chi connectivity index (χ0v) is 17.0. The first-order chi connectivity index (χ1) is 14.1. The number of aromatic amines is 1. The molecule has 148 valence electrons. The fourth-order valence-electron chi connectivity index (χ4n) is 4.54. The Morgan fingerprint density at radius 2 is 2.07 bits per heavy atom. The van der Waals surface area contributed by atoms with Crippen LogP contribution in [0.25, 0.3) is 11.4 Å². The van der Waals surface area contributed by atoms with Crippen molar-refractivity contribution in [2.45, 2.75) is 38.0 Å². The monoisotopic (exact) mass is 407 g/mol. The molecule has 1 spiro atoms. The normalized spacial score (nSPS) is 17.5. The number of likely N-dealkylation sites (tertiary alicyclic amines) is 1. The Bertz CT molecular complexity index is 1130. The van der Waals surface area contributed by atoms with Crippen LogP contribution in [0.15, 0.2) is 34.7 Å². The van der Waals surface area contributed by atoms with Crippen LogP contribution in [0.3, 0.4) is 0 Å². The molecule has 1 aliphatic carbocycles. The van der Waals surface area contributed by atoms with E-state index in [0.29, 0.717) is 24.6 Å². The summed E-state index contributed by atoms with van der Waals surface area (Å²) in [6, 6.07) is 3.74. The van der Waals surface area contributed by atoms with E-state index in [9.17, 15) is 9.59 Å². The van der Waals surface area contributed by atoms with Crippen LogP contribution in [0.1, 0.15) is 46.0 Å². The van der Waals surface area contributed by atoms with Gasteiger partial charge >= 0.3 is 0 Å². The van der Waals surface area contributed by atoms with Crippen molar-refractivity contribution in [1.29, 1.82) is 0 Å². The van der Waals surface area contributed by atoms with Crippen molar-refractivity contribution < 1.29 is 4.79 Å². The van der Waals surface area contributed by atoms with Crippen molar-refractivity contribution >= 4 is 17.2 Å². The summed E-state index contributed by atoms with van der Waals surface area (Å²) in [5, 5.41) is 2.73. The lowest BCUT2D eigenvalue weighted by Crippen LogP contribution is -2.45. The van der Waals surface area contributed by atoms with Gasteiger partial charge in [-0.25, -0.2) is 9.97 Å². The Labute approximate surface area is 171 Å². The van der Waals surface area contributed by atoms with E-state index in [2.05, 4.69) is 15.0 Å². The van der Waals surface area contributed by atoms with E-state index < -0.39 is 0 Å². The molecule has 0 bridgehead atoms. The predicted octanol–water partition coefficient (Wildman–Crippen LogP) is 2.72. The van der Waals surface area contributed by atoms with Crippen molar-refractivity contribution in [2.24, 2.45) is 0 Å². The van der Waals surface area contributed by atoms with Crippen molar-refractivity contribution in [1.82, 2.24) is 24.8 Å². The quantitative estimate of drug-likeness (QED) is 0.705. The molecule has 0 unspecified atom stereocenters. The van der Waals surface area contributed by atoms with Gasteiger partial charge in [-0.15, -0.1) is 11.3 Å². The van der Waals surface area contributed by atoms with Crippen LogP contribution in [0.4, 0.5) is 0 Å². The Balaban J connectivity index is 1.42. The first-order valence-electron chi connectivity index (χ1n) is 9.81. The molecule has 0 atom stereocenters. The lowest BCUT2D eigenvalue weighted by molar-refractivity contribution is 0.0658. The topological polar surface area (TPSA) is 91.8 Å². The molecule has 29 heavy (non-hydrogen) atoms. The van der Waals surface area contributed by atoms with E-state index in [1.807, 2.05) is 29.3 Å². The van der Waals surface area contributed by atoms with Gasteiger partial charge in [-0.1, -0.05) is 0 Å². The summed E-state index contributed by atoms with van der Waals surface area (Å²) in [5.74, 6) is 0.567. The maximum Gasteiger partial charge on any atom is 0.273 e. The second-order valence-electron chi connectivity index (χ2n) is 7.81.